The van der Waals surface area contributed by atoms with E-state index >= 15 is 0 Å². The quantitative estimate of drug-likeness (QED) is 0.678. The van der Waals surface area contributed by atoms with Gasteiger partial charge < -0.3 is 10.6 Å². The predicted molar refractivity (Wildman–Crippen MR) is 100 cm³/mol. The highest BCUT2D eigenvalue weighted by Crippen LogP contribution is 2.19. The molecule has 0 saturated carbocycles. The van der Waals surface area contributed by atoms with Crippen molar-refractivity contribution in [2.75, 3.05) is 32.0 Å². The maximum atomic E-state index is 13.6. The Morgan fingerprint density at radius 1 is 0.964 bits per heavy atom. The summed E-state index contributed by atoms with van der Waals surface area (Å²) in [6.45, 7) is 2.17. The van der Waals surface area contributed by atoms with Crippen LogP contribution in [-0.4, -0.2) is 43.4 Å². The largest absolute Gasteiger partial charge is 0.354 e. The van der Waals surface area contributed by atoms with Crippen molar-refractivity contribution in [2.24, 2.45) is 0 Å². The normalized spacial score (nSPS) is 11.9. The zero-order chi connectivity index (χ0) is 20.7. The molecule has 0 heterocycles. The van der Waals surface area contributed by atoms with Crippen LogP contribution in [-0.2, 0) is 9.59 Å². The minimum Gasteiger partial charge on any atom is -0.354 e. The predicted octanol–water partition coefficient (Wildman–Crippen LogP) is 2.89. The van der Waals surface area contributed by atoms with E-state index in [1.165, 1.54) is 4.90 Å². The molecule has 0 aromatic heterocycles. The Hall–Kier alpha value is -2.87. The van der Waals surface area contributed by atoms with Gasteiger partial charge in [0.05, 0.1) is 18.8 Å². The fourth-order valence-corrected chi connectivity index (χ4v) is 2.58. The van der Waals surface area contributed by atoms with Crippen molar-refractivity contribution >= 4 is 17.5 Å². The van der Waals surface area contributed by atoms with Crippen LogP contribution in [0.1, 0.15) is 18.4 Å². The smallest absolute Gasteiger partial charge is 0.238 e. The van der Waals surface area contributed by atoms with Gasteiger partial charge in [0.1, 0.15) is 0 Å². The Labute approximate surface area is 161 Å². The van der Waals surface area contributed by atoms with Crippen molar-refractivity contribution in [3.05, 3.63) is 65.5 Å². The van der Waals surface area contributed by atoms with Crippen LogP contribution in [0.3, 0.4) is 0 Å². The lowest BCUT2D eigenvalue weighted by Gasteiger charge is -2.18. The molecule has 2 aromatic carbocycles. The second-order valence-corrected chi connectivity index (χ2v) is 6.56. The van der Waals surface area contributed by atoms with E-state index in [4.69, 9.17) is 0 Å². The summed E-state index contributed by atoms with van der Waals surface area (Å²) in [5, 5.41) is 4.95. The lowest BCUT2D eigenvalue weighted by Crippen LogP contribution is -2.40. The zero-order valence-electron chi connectivity index (χ0n) is 15.6. The Morgan fingerprint density at radius 2 is 1.61 bits per heavy atom. The number of nitrogens with zero attached hydrogens (tertiary/aromatic N) is 1. The Bertz CT molecular complexity index is 831. The molecule has 0 aliphatic heterocycles. The summed E-state index contributed by atoms with van der Waals surface area (Å²) in [5.41, 5.74) is 0.641. The third-order valence-corrected chi connectivity index (χ3v) is 4.11. The number of likely N-dealkylation sites (N-methyl/N-ethyl adjacent to an activating group) is 1. The number of nitrogens with one attached hydrogen (secondary N) is 2. The first-order chi connectivity index (χ1) is 13.3. The minimum absolute atomic E-state index is 0.0464. The summed E-state index contributed by atoms with van der Waals surface area (Å²) in [6.07, 6.45) is 0. The van der Waals surface area contributed by atoms with E-state index in [0.29, 0.717) is 6.54 Å². The van der Waals surface area contributed by atoms with Crippen molar-refractivity contribution in [2.45, 2.75) is 12.8 Å². The van der Waals surface area contributed by atoms with Crippen LogP contribution in [0.5, 0.6) is 0 Å². The molecular formula is C20H22F3N3O2. The third kappa shape index (κ3) is 6.09. The maximum absolute atomic E-state index is 13.6. The van der Waals surface area contributed by atoms with Gasteiger partial charge in [0, 0.05) is 6.54 Å². The van der Waals surface area contributed by atoms with Crippen molar-refractivity contribution in [1.82, 2.24) is 10.2 Å². The molecule has 0 fully saturated rings. The number of hydrogen-bond donors (Lipinski definition) is 2. The fourth-order valence-electron chi connectivity index (χ4n) is 2.58. The molecule has 1 atom stereocenters. The topological polar surface area (TPSA) is 61.4 Å². The molecule has 0 radical (unpaired) electrons. The van der Waals surface area contributed by atoms with Crippen molar-refractivity contribution in [3.63, 3.8) is 0 Å². The van der Waals surface area contributed by atoms with E-state index in [1.807, 2.05) is 37.3 Å². The number of benzene rings is 2. The standard InChI is InChI=1S/C20H22F3N3O2/c1-13(14-6-4-3-5-7-14)10-24-17(27)11-26(2)12-18(28)25-16-9-8-15(21)19(22)20(16)23/h3-9,13H,10-12H2,1-2H3,(H,24,27)(H,25,28)/t13-/m0/s1. The second kappa shape index (κ2) is 9.89. The van der Waals surface area contributed by atoms with Gasteiger partial charge in [-0.25, -0.2) is 13.2 Å². The van der Waals surface area contributed by atoms with E-state index in [9.17, 15) is 22.8 Å². The van der Waals surface area contributed by atoms with Gasteiger partial charge in [-0.15, -0.1) is 0 Å². The zero-order valence-corrected chi connectivity index (χ0v) is 15.6. The van der Waals surface area contributed by atoms with E-state index < -0.39 is 29.0 Å². The van der Waals surface area contributed by atoms with Crippen molar-refractivity contribution in [1.29, 1.82) is 0 Å². The number of carbonyl (C=O) groups is 2. The summed E-state index contributed by atoms with van der Waals surface area (Å²) < 4.78 is 39.7. The molecule has 28 heavy (non-hydrogen) atoms. The molecule has 5 nitrogen and oxygen atoms in total. The summed E-state index contributed by atoms with van der Waals surface area (Å²) >= 11 is 0. The highest BCUT2D eigenvalue weighted by atomic mass is 19.2. The molecule has 2 aromatic rings. The molecule has 0 saturated heterocycles. The van der Waals surface area contributed by atoms with E-state index in [2.05, 4.69) is 10.6 Å². The van der Waals surface area contributed by atoms with Crippen LogP contribution in [0.25, 0.3) is 0 Å². The third-order valence-electron chi connectivity index (χ3n) is 4.11. The lowest BCUT2D eigenvalue weighted by atomic mass is 10.0. The van der Waals surface area contributed by atoms with E-state index in [0.717, 1.165) is 17.7 Å². The molecule has 150 valence electrons. The summed E-state index contributed by atoms with van der Waals surface area (Å²) in [4.78, 5) is 25.4. The van der Waals surface area contributed by atoms with Crippen LogP contribution < -0.4 is 10.6 Å². The van der Waals surface area contributed by atoms with Crippen molar-refractivity contribution < 1.29 is 22.8 Å². The van der Waals surface area contributed by atoms with E-state index in [1.54, 1.807) is 7.05 Å². The van der Waals surface area contributed by atoms with Crippen LogP contribution in [0.2, 0.25) is 0 Å². The second-order valence-electron chi connectivity index (χ2n) is 6.56. The highest BCUT2D eigenvalue weighted by Gasteiger charge is 2.17. The van der Waals surface area contributed by atoms with Gasteiger partial charge >= 0.3 is 0 Å². The minimum atomic E-state index is -1.65. The number of hydrogen-bond acceptors (Lipinski definition) is 3. The average molecular weight is 393 g/mol. The number of amides is 2. The number of carbonyl (C=O) groups excluding carboxylic acids is 2. The van der Waals surface area contributed by atoms with Gasteiger partial charge in [-0.1, -0.05) is 37.3 Å². The summed E-state index contributed by atoms with van der Waals surface area (Å²) in [5.74, 6) is -5.25. The molecule has 8 heteroatoms. The average Bonchev–Trinajstić information content (AvgIpc) is 2.67. The van der Waals surface area contributed by atoms with Gasteiger partial charge in [0.15, 0.2) is 17.5 Å². The fraction of sp³-hybridized carbons (Fsp3) is 0.300. The highest BCUT2D eigenvalue weighted by molar-refractivity contribution is 5.92. The van der Waals surface area contributed by atoms with Gasteiger partial charge in [-0.3, -0.25) is 14.5 Å². The van der Waals surface area contributed by atoms with Gasteiger partial charge in [0.25, 0.3) is 0 Å². The molecule has 0 bridgehead atoms. The number of anilines is 1. The first-order valence-corrected chi connectivity index (χ1v) is 8.71. The summed E-state index contributed by atoms with van der Waals surface area (Å²) in [6, 6.07) is 11.4. The molecule has 0 aliphatic rings. The Kier molecular flexibility index (Phi) is 7.57. The molecule has 0 aliphatic carbocycles. The molecule has 0 spiro atoms. The van der Waals surface area contributed by atoms with Crippen LogP contribution in [0.15, 0.2) is 42.5 Å². The maximum Gasteiger partial charge on any atom is 0.238 e. The monoisotopic (exact) mass is 393 g/mol. The summed E-state index contributed by atoms with van der Waals surface area (Å²) in [7, 11) is 1.54. The van der Waals surface area contributed by atoms with Crippen LogP contribution >= 0.6 is 0 Å². The van der Waals surface area contributed by atoms with Gasteiger partial charge in [-0.2, -0.15) is 0 Å². The number of rotatable bonds is 8. The van der Waals surface area contributed by atoms with E-state index in [-0.39, 0.29) is 24.9 Å². The molecule has 0 unspecified atom stereocenters. The van der Waals surface area contributed by atoms with Crippen LogP contribution in [0, 0.1) is 17.5 Å². The van der Waals surface area contributed by atoms with Gasteiger partial charge in [-0.05, 0) is 30.7 Å². The van der Waals surface area contributed by atoms with Crippen LogP contribution in [0.4, 0.5) is 18.9 Å². The lowest BCUT2D eigenvalue weighted by molar-refractivity contribution is -0.123. The molecule has 2 N–H and O–H groups in total. The molecule has 2 amide bonds. The first-order valence-electron chi connectivity index (χ1n) is 8.71. The SMILES string of the molecule is C[C@@H](CNC(=O)CN(C)CC(=O)Nc1ccc(F)c(F)c1F)c1ccccc1. The molecule has 2 rings (SSSR count). The van der Waals surface area contributed by atoms with Crippen molar-refractivity contribution in [3.8, 4) is 0 Å². The Morgan fingerprint density at radius 3 is 2.29 bits per heavy atom. The van der Waals surface area contributed by atoms with Gasteiger partial charge in [0.2, 0.25) is 11.8 Å². The first kappa shape index (κ1) is 21.4. The number of halogens is 3. The molecular weight excluding hydrogens is 371 g/mol. The Balaban J connectivity index is 1.78.